The zero-order chi connectivity index (χ0) is 18.7. The summed E-state index contributed by atoms with van der Waals surface area (Å²) in [6.07, 6.45) is 1.66. The molecule has 1 heterocycles. The summed E-state index contributed by atoms with van der Waals surface area (Å²) in [6.45, 7) is 5.89. The maximum atomic E-state index is 13.4. The fraction of sp³-hybridized carbons (Fsp3) is 0.316. The molecule has 0 spiro atoms. The highest BCUT2D eigenvalue weighted by Gasteiger charge is 2.27. The van der Waals surface area contributed by atoms with E-state index in [1.165, 1.54) is 12.1 Å². The number of carboxylic acids is 2. The topological polar surface area (TPSA) is 78.5 Å². The second kappa shape index (κ2) is 7.42. The Kier molecular flexibility index (Phi) is 5.51. The van der Waals surface area contributed by atoms with E-state index in [4.69, 9.17) is 0 Å². The molecular formula is C19H21FNO4+. The Morgan fingerprint density at radius 3 is 2.32 bits per heavy atom. The van der Waals surface area contributed by atoms with Crippen LogP contribution in [0.25, 0.3) is 0 Å². The summed E-state index contributed by atoms with van der Waals surface area (Å²) in [7, 11) is 0. The molecular weight excluding hydrogens is 325 g/mol. The van der Waals surface area contributed by atoms with Crippen LogP contribution in [0.3, 0.4) is 0 Å². The van der Waals surface area contributed by atoms with E-state index in [1.807, 2.05) is 13.8 Å². The molecule has 0 radical (unpaired) electrons. The van der Waals surface area contributed by atoms with Crippen molar-refractivity contribution >= 4 is 11.9 Å². The number of aromatic carboxylic acids is 2. The predicted molar refractivity (Wildman–Crippen MR) is 89.5 cm³/mol. The largest absolute Gasteiger partial charge is 0.478 e. The molecule has 0 saturated carbocycles. The summed E-state index contributed by atoms with van der Waals surface area (Å²) in [4.78, 5) is 23.1. The van der Waals surface area contributed by atoms with Crippen LogP contribution in [0.15, 0.2) is 36.5 Å². The van der Waals surface area contributed by atoms with E-state index in [0.717, 1.165) is 6.07 Å². The van der Waals surface area contributed by atoms with Crippen LogP contribution in [0, 0.1) is 5.82 Å². The lowest BCUT2D eigenvalue weighted by Crippen LogP contribution is -2.43. The Balaban J connectivity index is 2.46. The van der Waals surface area contributed by atoms with Gasteiger partial charge in [0.2, 0.25) is 0 Å². The molecule has 0 amide bonds. The van der Waals surface area contributed by atoms with Crippen LogP contribution in [-0.4, -0.2) is 22.2 Å². The van der Waals surface area contributed by atoms with Gasteiger partial charge >= 0.3 is 11.9 Å². The molecule has 0 aliphatic carbocycles. The molecule has 1 aromatic heterocycles. The van der Waals surface area contributed by atoms with Gasteiger partial charge in [0, 0.05) is 17.5 Å². The molecule has 0 saturated heterocycles. The van der Waals surface area contributed by atoms with E-state index in [2.05, 4.69) is 0 Å². The Bertz CT molecular complexity index is 817. The van der Waals surface area contributed by atoms with E-state index in [0.29, 0.717) is 11.1 Å². The van der Waals surface area contributed by atoms with Gasteiger partial charge in [-0.05, 0) is 29.7 Å². The fourth-order valence-corrected chi connectivity index (χ4v) is 2.97. The quantitative estimate of drug-likeness (QED) is 0.786. The van der Waals surface area contributed by atoms with Crippen molar-refractivity contribution in [3.05, 3.63) is 64.7 Å². The highest BCUT2D eigenvalue weighted by molar-refractivity contribution is 5.89. The molecule has 1 atom stereocenters. The first-order valence-electron chi connectivity index (χ1n) is 8.00. The average molecular weight is 346 g/mol. The minimum absolute atomic E-state index is 0.0363. The summed E-state index contributed by atoms with van der Waals surface area (Å²) in [5.74, 6) is -3.13. The zero-order valence-corrected chi connectivity index (χ0v) is 14.4. The van der Waals surface area contributed by atoms with Gasteiger partial charge in [-0.15, -0.1) is 0 Å². The summed E-state index contributed by atoms with van der Waals surface area (Å²) >= 11 is 0. The first-order chi connectivity index (χ1) is 11.7. The smallest absolute Gasteiger partial charge is 0.401 e. The van der Waals surface area contributed by atoms with Crippen molar-refractivity contribution in [3.63, 3.8) is 0 Å². The summed E-state index contributed by atoms with van der Waals surface area (Å²) in [5, 5.41) is 18.9. The van der Waals surface area contributed by atoms with Crippen LogP contribution in [0.1, 0.15) is 64.6 Å². The second-order valence-corrected chi connectivity index (χ2v) is 6.36. The normalized spacial score (nSPS) is 12.2. The molecule has 0 bridgehead atoms. The molecule has 25 heavy (non-hydrogen) atoms. The second-order valence-electron chi connectivity index (χ2n) is 6.36. The Morgan fingerprint density at radius 1 is 1.08 bits per heavy atom. The highest BCUT2D eigenvalue weighted by Crippen LogP contribution is 2.23. The number of nitrogens with zero attached hydrogens (tertiary/aromatic N) is 1. The van der Waals surface area contributed by atoms with E-state index in [1.54, 1.807) is 29.8 Å². The minimum Gasteiger partial charge on any atom is -0.478 e. The molecule has 1 aromatic carbocycles. The number of carbonyl (C=O) groups is 2. The van der Waals surface area contributed by atoms with Gasteiger partial charge in [-0.3, -0.25) is 0 Å². The van der Waals surface area contributed by atoms with E-state index < -0.39 is 17.8 Å². The van der Waals surface area contributed by atoms with Crippen molar-refractivity contribution in [1.82, 2.24) is 0 Å². The summed E-state index contributed by atoms with van der Waals surface area (Å²) in [5.41, 5.74) is 1.25. The number of halogens is 1. The molecule has 5 nitrogen and oxygen atoms in total. The van der Waals surface area contributed by atoms with Crippen molar-refractivity contribution in [3.8, 4) is 0 Å². The van der Waals surface area contributed by atoms with Crippen molar-refractivity contribution in [2.75, 3.05) is 0 Å². The van der Waals surface area contributed by atoms with Crippen LogP contribution in [-0.2, 0) is 6.54 Å². The molecule has 132 valence electrons. The Hall–Kier alpha value is -2.76. The Morgan fingerprint density at radius 2 is 1.76 bits per heavy atom. The number of carboxylic acid groups (broad SMARTS) is 2. The number of pyridine rings is 1. The monoisotopic (exact) mass is 346 g/mol. The first-order valence-corrected chi connectivity index (χ1v) is 8.00. The third-order valence-electron chi connectivity index (χ3n) is 4.17. The van der Waals surface area contributed by atoms with Crippen LogP contribution >= 0.6 is 0 Å². The van der Waals surface area contributed by atoms with Gasteiger partial charge < -0.3 is 10.2 Å². The number of rotatable bonds is 6. The van der Waals surface area contributed by atoms with Gasteiger partial charge in [-0.2, -0.15) is 4.57 Å². The van der Waals surface area contributed by atoms with Gasteiger partial charge in [0.25, 0.3) is 5.69 Å². The number of hydrogen-bond donors (Lipinski definition) is 2. The van der Waals surface area contributed by atoms with Gasteiger partial charge in [-0.1, -0.05) is 26.8 Å². The molecule has 2 N–H and O–H groups in total. The van der Waals surface area contributed by atoms with E-state index in [9.17, 15) is 24.2 Å². The molecule has 1 unspecified atom stereocenters. The van der Waals surface area contributed by atoms with Gasteiger partial charge in [0.05, 0.1) is 5.56 Å². The summed E-state index contributed by atoms with van der Waals surface area (Å²) in [6, 6.07) is 7.19. The molecule has 0 aliphatic heterocycles. The van der Waals surface area contributed by atoms with E-state index >= 15 is 0 Å². The average Bonchev–Trinajstić information content (AvgIpc) is 2.53. The van der Waals surface area contributed by atoms with E-state index in [-0.39, 0.29) is 29.6 Å². The van der Waals surface area contributed by atoms with Crippen molar-refractivity contribution in [2.24, 2.45) is 0 Å². The molecule has 6 heteroatoms. The van der Waals surface area contributed by atoms with Gasteiger partial charge in [0.15, 0.2) is 12.7 Å². The van der Waals surface area contributed by atoms with Gasteiger partial charge in [0.1, 0.15) is 5.82 Å². The lowest BCUT2D eigenvalue weighted by atomic mass is 9.94. The standard InChI is InChI=1S/C19H20FNO4/c1-11(2)14-5-4-8-21(17(14)19(24)25)10-12(3)15-7-6-13(20)9-16(15)18(22)23/h4-9,11-12H,10H2,1-3H3,(H-,22,23,24,25)/p+1. The highest BCUT2D eigenvalue weighted by atomic mass is 19.1. The lowest BCUT2D eigenvalue weighted by molar-refractivity contribution is -0.702. The van der Waals surface area contributed by atoms with Crippen LogP contribution in [0.5, 0.6) is 0 Å². The first kappa shape index (κ1) is 18.6. The van der Waals surface area contributed by atoms with Crippen molar-refractivity contribution < 1.29 is 28.8 Å². The minimum atomic E-state index is -1.21. The molecule has 0 aliphatic rings. The fourth-order valence-electron chi connectivity index (χ4n) is 2.97. The van der Waals surface area contributed by atoms with Crippen LogP contribution < -0.4 is 4.57 Å². The third-order valence-corrected chi connectivity index (χ3v) is 4.17. The third kappa shape index (κ3) is 4.02. The van der Waals surface area contributed by atoms with Crippen LogP contribution in [0.2, 0.25) is 0 Å². The Labute approximate surface area is 145 Å². The van der Waals surface area contributed by atoms with Crippen LogP contribution in [0.4, 0.5) is 4.39 Å². The van der Waals surface area contributed by atoms with Crippen molar-refractivity contribution in [1.29, 1.82) is 0 Å². The zero-order valence-electron chi connectivity index (χ0n) is 14.4. The number of aromatic nitrogens is 1. The molecule has 2 aromatic rings. The summed E-state index contributed by atoms with van der Waals surface area (Å²) < 4.78 is 15.0. The number of hydrogen-bond acceptors (Lipinski definition) is 2. The maximum absolute atomic E-state index is 13.4. The molecule has 2 rings (SSSR count). The lowest BCUT2D eigenvalue weighted by Gasteiger charge is -2.14. The predicted octanol–water partition coefficient (Wildman–Crippen LogP) is 3.44. The SMILES string of the molecule is CC(C)c1ccc[n+](CC(C)c2ccc(F)cc2C(=O)O)c1C(=O)O. The molecule has 0 fully saturated rings. The maximum Gasteiger partial charge on any atom is 0.401 e. The van der Waals surface area contributed by atoms with Gasteiger partial charge in [-0.25, -0.2) is 14.0 Å². The van der Waals surface area contributed by atoms with Crippen molar-refractivity contribution in [2.45, 2.75) is 39.2 Å². The number of benzene rings is 1.